The van der Waals surface area contributed by atoms with Gasteiger partial charge in [0.25, 0.3) is 0 Å². The summed E-state index contributed by atoms with van der Waals surface area (Å²) in [5.74, 6) is 0. The highest BCUT2D eigenvalue weighted by Gasteiger charge is 2.52. The molecule has 2 aliphatic carbocycles. The maximum atomic E-state index is 4.42. The van der Waals surface area contributed by atoms with E-state index in [1.807, 2.05) is 27.7 Å². The van der Waals surface area contributed by atoms with E-state index in [1.165, 1.54) is 39.0 Å². The Morgan fingerprint density at radius 2 is 1.23 bits per heavy atom. The number of hydrogen-bond acceptors (Lipinski definition) is 1. The normalized spacial score (nSPS) is 16.2. The second-order valence-corrected chi connectivity index (χ2v) is 6.97. The van der Waals surface area contributed by atoms with Crippen molar-refractivity contribution in [3.05, 3.63) is 107 Å². The zero-order valence-corrected chi connectivity index (χ0v) is 21.0. The van der Waals surface area contributed by atoms with Gasteiger partial charge in [-0.25, -0.2) is 0 Å². The van der Waals surface area contributed by atoms with Crippen LogP contribution in [0.5, 0.6) is 0 Å². The standard InChI is InChI=1S/C24H22.C2H6O.2C2H6/c1-5-11-21-17(4)16(3)20(6-2)24(21)22-14-9-7-12-18(22)19-13-8-10-15-23(19)24;1-3-2;2*1-2/h5-15H,3H2,1-2,4H3;1-2H3;2*1-2H3/b11-5-,20-6+;;;. The molecule has 2 aromatic carbocycles. The highest BCUT2D eigenvalue weighted by molar-refractivity contribution is 5.90. The molecule has 0 heterocycles. The molecule has 166 valence electrons. The first kappa shape index (κ1) is 26.4. The summed E-state index contributed by atoms with van der Waals surface area (Å²) in [6, 6.07) is 17.7. The molecular weight excluding hydrogens is 376 g/mol. The molecule has 31 heavy (non-hydrogen) atoms. The molecule has 0 aromatic heterocycles. The third-order valence-electron chi connectivity index (χ3n) is 5.56. The zero-order chi connectivity index (χ0) is 23.6. The molecule has 0 unspecified atom stereocenters. The number of fused-ring (bicyclic) bond motifs is 5. The van der Waals surface area contributed by atoms with E-state index in [1.54, 1.807) is 14.2 Å². The summed E-state index contributed by atoms with van der Waals surface area (Å²) in [6.45, 7) is 18.9. The van der Waals surface area contributed by atoms with Gasteiger partial charge in [-0.05, 0) is 65.3 Å². The summed E-state index contributed by atoms with van der Waals surface area (Å²) < 4.78 is 4.25. The smallest absolute Gasteiger partial charge is 0.0718 e. The van der Waals surface area contributed by atoms with Gasteiger partial charge in [-0.2, -0.15) is 0 Å². The Hall–Kier alpha value is -2.64. The van der Waals surface area contributed by atoms with E-state index in [0.717, 1.165) is 5.57 Å². The van der Waals surface area contributed by atoms with Crippen LogP contribution in [0, 0.1) is 0 Å². The van der Waals surface area contributed by atoms with Crippen molar-refractivity contribution >= 4 is 0 Å². The zero-order valence-electron chi connectivity index (χ0n) is 21.0. The topological polar surface area (TPSA) is 9.23 Å². The van der Waals surface area contributed by atoms with Crippen LogP contribution in [0.2, 0.25) is 0 Å². The van der Waals surface area contributed by atoms with Gasteiger partial charge in [-0.1, -0.05) is 101 Å². The van der Waals surface area contributed by atoms with Gasteiger partial charge in [0.2, 0.25) is 0 Å². The number of rotatable bonds is 1. The van der Waals surface area contributed by atoms with Crippen molar-refractivity contribution in [2.75, 3.05) is 14.2 Å². The van der Waals surface area contributed by atoms with Crippen LogP contribution in [0.1, 0.15) is 59.6 Å². The molecule has 0 atom stereocenters. The lowest BCUT2D eigenvalue weighted by Crippen LogP contribution is -2.26. The van der Waals surface area contributed by atoms with Gasteiger partial charge in [-0.15, -0.1) is 0 Å². The fraction of sp³-hybridized carbons (Fsp3) is 0.333. The van der Waals surface area contributed by atoms with Gasteiger partial charge in [0.15, 0.2) is 0 Å². The fourth-order valence-corrected chi connectivity index (χ4v) is 4.64. The number of benzene rings is 2. The maximum Gasteiger partial charge on any atom is 0.0718 e. The van der Waals surface area contributed by atoms with Gasteiger partial charge in [0.05, 0.1) is 5.41 Å². The predicted molar refractivity (Wildman–Crippen MR) is 139 cm³/mol. The van der Waals surface area contributed by atoms with Crippen LogP contribution >= 0.6 is 0 Å². The number of methoxy groups -OCH3 is 1. The molecule has 0 N–H and O–H groups in total. The van der Waals surface area contributed by atoms with Gasteiger partial charge in [-0.3, -0.25) is 0 Å². The number of allylic oxidation sites excluding steroid dienone is 7. The summed E-state index contributed by atoms with van der Waals surface area (Å²) in [6.07, 6.45) is 6.67. The van der Waals surface area contributed by atoms with E-state index >= 15 is 0 Å². The molecule has 1 spiro atoms. The van der Waals surface area contributed by atoms with Crippen LogP contribution in [0.4, 0.5) is 0 Å². The Morgan fingerprint density at radius 3 is 1.61 bits per heavy atom. The van der Waals surface area contributed by atoms with Crippen molar-refractivity contribution in [3.63, 3.8) is 0 Å². The minimum absolute atomic E-state index is 0.213. The van der Waals surface area contributed by atoms with Crippen LogP contribution < -0.4 is 0 Å². The monoisotopic (exact) mass is 416 g/mol. The highest BCUT2D eigenvalue weighted by atomic mass is 16.4. The van der Waals surface area contributed by atoms with Crippen LogP contribution in [-0.4, -0.2) is 14.2 Å². The molecule has 0 saturated heterocycles. The molecule has 1 heteroatoms. The number of hydrogen-bond donors (Lipinski definition) is 0. The summed E-state index contributed by atoms with van der Waals surface area (Å²) in [4.78, 5) is 0. The molecule has 0 radical (unpaired) electrons. The van der Waals surface area contributed by atoms with Gasteiger partial charge >= 0.3 is 0 Å². The third-order valence-corrected chi connectivity index (χ3v) is 5.56. The Labute approximate surface area is 190 Å². The fourth-order valence-electron chi connectivity index (χ4n) is 4.64. The molecule has 0 aliphatic heterocycles. The predicted octanol–water partition coefficient (Wildman–Crippen LogP) is 8.68. The van der Waals surface area contributed by atoms with E-state index in [0.29, 0.717) is 0 Å². The number of ether oxygens (including phenoxy) is 1. The molecule has 2 aromatic rings. The maximum absolute atomic E-state index is 4.42. The van der Waals surface area contributed by atoms with Gasteiger partial charge in [0, 0.05) is 14.2 Å². The molecule has 4 rings (SSSR count). The third kappa shape index (κ3) is 4.25. The second-order valence-electron chi connectivity index (χ2n) is 6.97. The van der Waals surface area contributed by atoms with Gasteiger partial charge in [0.1, 0.15) is 0 Å². The van der Waals surface area contributed by atoms with Crippen LogP contribution in [0.25, 0.3) is 11.1 Å². The minimum atomic E-state index is -0.213. The Balaban J connectivity index is 0.000000620. The van der Waals surface area contributed by atoms with Crippen molar-refractivity contribution in [3.8, 4) is 11.1 Å². The van der Waals surface area contributed by atoms with Crippen LogP contribution in [-0.2, 0) is 10.2 Å². The van der Waals surface area contributed by atoms with E-state index in [-0.39, 0.29) is 5.41 Å². The molecule has 0 saturated carbocycles. The molecule has 1 nitrogen and oxygen atoms in total. The quantitative estimate of drug-likeness (QED) is 0.452. The van der Waals surface area contributed by atoms with E-state index in [9.17, 15) is 0 Å². The first-order valence-corrected chi connectivity index (χ1v) is 11.4. The van der Waals surface area contributed by atoms with Crippen molar-refractivity contribution in [1.29, 1.82) is 0 Å². The van der Waals surface area contributed by atoms with Crippen molar-refractivity contribution in [2.45, 2.75) is 53.9 Å². The lowest BCUT2D eigenvalue weighted by molar-refractivity contribution is 0.277. The largest absolute Gasteiger partial charge is 0.388 e. The molecular formula is C30H40O. The lowest BCUT2D eigenvalue weighted by Gasteiger charge is -2.32. The van der Waals surface area contributed by atoms with E-state index < -0.39 is 0 Å². The summed E-state index contributed by atoms with van der Waals surface area (Å²) in [5.41, 5.74) is 10.4. The molecule has 2 aliphatic rings. The van der Waals surface area contributed by atoms with Crippen molar-refractivity contribution in [2.24, 2.45) is 0 Å². The minimum Gasteiger partial charge on any atom is -0.388 e. The Bertz CT molecular complexity index is 924. The SMILES string of the molecule is C=C1C(C)=C(/C=C\C)C2(/C1=C/C)c1ccccc1-c1ccccc12.CC.CC.COC. The molecule has 0 fully saturated rings. The Kier molecular flexibility index (Phi) is 10.4. The van der Waals surface area contributed by atoms with Crippen LogP contribution in [0.15, 0.2) is 95.6 Å². The summed E-state index contributed by atoms with van der Waals surface area (Å²) in [5, 5.41) is 0. The average Bonchev–Trinajstić information content (AvgIpc) is 3.23. The highest BCUT2D eigenvalue weighted by Crippen LogP contribution is 2.62. The van der Waals surface area contributed by atoms with Crippen molar-refractivity contribution in [1.82, 2.24) is 0 Å². The molecule has 0 amide bonds. The molecule has 0 bridgehead atoms. The van der Waals surface area contributed by atoms with Crippen molar-refractivity contribution < 1.29 is 4.74 Å². The van der Waals surface area contributed by atoms with Crippen LogP contribution in [0.3, 0.4) is 0 Å². The first-order valence-electron chi connectivity index (χ1n) is 11.4. The Morgan fingerprint density at radius 1 is 0.806 bits per heavy atom. The lowest BCUT2D eigenvalue weighted by atomic mass is 9.69. The second kappa shape index (κ2) is 12.3. The summed E-state index contributed by atoms with van der Waals surface area (Å²) in [7, 11) is 3.25. The van der Waals surface area contributed by atoms with E-state index in [4.69, 9.17) is 0 Å². The average molecular weight is 417 g/mol. The van der Waals surface area contributed by atoms with Gasteiger partial charge < -0.3 is 4.74 Å². The summed E-state index contributed by atoms with van der Waals surface area (Å²) >= 11 is 0. The first-order chi connectivity index (χ1) is 15.1. The van der Waals surface area contributed by atoms with E-state index in [2.05, 4.69) is 98.8 Å².